The lowest BCUT2D eigenvalue weighted by Crippen LogP contribution is -2.30. The molecule has 0 aromatic heterocycles. The summed E-state index contributed by atoms with van der Waals surface area (Å²) in [5, 5.41) is 12.9. The first-order chi connectivity index (χ1) is 8.40. The molecule has 2 N–H and O–H groups in total. The van der Waals surface area contributed by atoms with Crippen molar-refractivity contribution < 1.29 is 9.90 Å². The van der Waals surface area contributed by atoms with Crippen molar-refractivity contribution in [1.29, 1.82) is 0 Å². The average Bonchev–Trinajstić information content (AvgIpc) is 2.28. The van der Waals surface area contributed by atoms with Crippen molar-refractivity contribution in [1.82, 2.24) is 5.32 Å². The maximum atomic E-state index is 11.5. The van der Waals surface area contributed by atoms with Gasteiger partial charge >= 0.3 is 0 Å². The molecule has 1 aromatic rings. The molecule has 0 heterocycles. The van der Waals surface area contributed by atoms with Crippen molar-refractivity contribution in [2.75, 3.05) is 0 Å². The zero-order valence-electron chi connectivity index (χ0n) is 11.7. The van der Waals surface area contributed by atoms with Crippen LogP contribution in [0.3, 0.4) is 0 Å². The Morgan fingerprint density at radius 1 is 1.28 bits per heavy atom. The molecular weight excluding hydrogens is 226 g/mol. The highest BCUT2D eigenvalue weighted by atomic mass is 16.3. The Bertz CT molecular complexity index is 413. The molecule has 0 aliphatic rings. The summed E-state index contributed by atoms with van der Waals surface area (Å²) in [6, 6.07) is 6.06. The molecule has 0 aliphatic heterocycles. The summed E-state index contributed by atoms with van der Waals surface area (Å²) < 4.78 is 0. The number of aryl methyl sites for hydroxylation is 2. The number of carbonyl (C=O) groups excluding carboxylic acids is 1. The predicted molar refractivity (Wildman–Crippen MR) is 73.4 cm³/mol. The number of rotatable bonds is 5. The second-order valence-electron chi connectivity index (χ2n) is 5.12. The van der Waals surface area contributed by atoms with Crippen molar-refractivity contribution in [3.05, 3.63) is 34.9 Å². The van der Waals surface area contributed by atoms with Crippen molar-refractivity contribution >= 4 is 5.91 Å². The number of carbonyl (C=O) groups is 1. The van der Waals surface area contributed by atoms with E-state index in [2.05, 4.69) is 5.32 Å². The highest BCUT2D eigenvalue weighted by molar-refractivity contribution is 5.76. The van der Waals surface area contributed by atoms with E-state index in [9.17, 15) is 9.90 Å². The van der Waals surface area contributed by atoms with Gasteiger partial charge in [0, 0.05) is 12.5 Å². The van der Waals surface area contributed by atoms with Gasteiger partial charge in [0.25, 0.3) is 0 Å². The van der Waals surface area contributed by atoms with Crippen molar-refractivity contribution in [2.45, 2.75) is 52.7 Å². The molecule has 1 atom stereocenters. The summed E-state index contributed by atoms with van der Waals surface area (Å²) in [7, 11) is 0. The third-order valence-corrected chi connectivity index (χ3v) is 3.01. The number of benzene rings is 1. The van der Waals surface area contributed by atoms with E-state index < -0.39 is 6.10 Å². The Kier molecular flexibility index (Phi) is 5.35. The van der Waals surface area contributed by atoms with Crippen LogP contribution in [0, 0.1) is 13.8 Å². The van der Waals surface area contributed by atoms with Crippen LogP contribution >= 0.6 is 0 Å². The SMILES string of the molecule is Cc1ccc(C(O)CCC(=O)NC(C)C)cc1C. The van der Waals surface area contributed by atoms with E-state index in [1.54, 1.807) is 0 Å². The van der Waals surface area contributed by atoms with Crippen molar-refractivity contribution in [3.63, 3.8) is 0 Å². The summed E-state index contributed by atoms with van der Waals surface area (Å²) >= 11 is 0. The molecule has 0 spiro atoms. The lowest BCUT2D eigenvalue weighted by Gasteiger charge is -2.13. The molecule has 3 nitrogen and oxygen atoms in total. The molecule has 0 saturated heterocycles. The molecule has 0 aliphatic carbocycles. The highest BCUT2D eigenvalue weighted by Gasteiger charge is 2.11. The first-order valence-corrected chi connectivity index (χ1v) is 6.44. The maximum absolute atomic E-state index is 11.5. The van der Waals surface area contributed by atoms with Crippen molar-refractivity contribution in [2.24, 2.45) is 0 Å². The Balaban J connectivity index is 2.52. The van der Waals surface area contributed by atoms with Crippen molar-refractivity contribution in [3.8, 4) is 0 Å². The number of hydrogen-bond acceptors (Lipinski definition) is 2. The first kappa shape index (κ1) is 14.7. The fourth-order valence-corrected chi connectivity index (χ4v) is 1.80. The van der Waals surface area contributed by atoms with E-state index in [0.29, 0.717) is 12.8 Å². The molecule has 100 valence electrons. The molecule has 0 fully saturated rings. The first-order valence-electron chi connectivity index (χ1n) is 6.44. The van der Waals surface area contributed by atoms with Gasteiger partial charge in [-0.25, -0.2) is 0 Å². The largest absolute Gasteiger partial charge is 0.388 e. The van der Waals surface area contributed by atoms with Crippen LogP contribution < -0.4 is 5.32 Å². The lowest BCUT2D eigenvalue weighted by molar-refractivity contribution is -0.122. The summed E-state index contributed by atoms with van der Waals surface area (Å²) in [6.07, 6.45) is 0.245. The normalized spacial score (nSPS) is 12.6. The quantitative estimate of drug-likeness (QED) is 0.843. The third kappa shape index (κ3) is 4.49. The third-order valence-electron chi connectivity index (χ3n) is 3.01. The number of aliphatic hydroxyl groups is 1. The van der Waals surface area contributed by atoms with Crippen LogP contribution in [0.15, 0.2) is 18.2 Å². The topological polar surface area (TPSA) is 49.3 Å². The molecule has 3 heteroatoms. The van der Waals surface area contributed by atoms with Gasteiger partial charge < -0.3 is 10.4 Å². The van der Waals surface area contributed by atoms with Gasteiger partial charge in [0.1, 0.15) is 0 Å². The second kappa shape index (κ2) is 6.55. The summed E-state index contributed by atoms with van der Waals surface area (Å²) in [5.74, 6) is -0.00659. The zero-order chi connectivity index (χ0) is 13.7. The van der Waals surface area contributed by atoms with Crippen LogP contribution in [0.4, 0.5) is 0 Å². The average molecular weight is 249 g/mol. The molecule has 1 rings (SSSR count). The van der Waals surface area contributed by atoms with Crippen LogP contribution in [0.25, 0.3) is 0 Å². The predicted octanol–water partition coefficient (Wildman–Crippen LogP) is 2.64. The molecule has 1 aromatic carbocycles. The standard InChI is InChI=1S/C15H23NO2/c1-10(2)16-15(18)8-7-14(17)13-6-5-11(3)12(4)9-13/h5-6,9-10,14,17H,7-8H2,1-4H3,(H,16,18). The van der Waals surface area contributed by atoms with Crippen LogP contribution in [-0.2, 0) is 4.79 Å². The number of nitrogens with one attached hydrogen (secondary N) is 1. The van der Waals surface area contributed by atoms with Gasteiger partial charge in [-0.1, -0.05) is 18.2 Å². The molecule has 18 heavy (non-hydrogen) atoms. The summed E-state index contributed by atoms with van der Waals surface area (Å²) in [6.45, 7) is 7.92. The fraction of sp³-hybridized carbons (Fsp3) is 0.533. The van der Waals surface area contributed by atoms with E-state index in [1.165, 1.54) is 5.56 Å². The summed E-state index contributed by atoms with van der Waals surface area (Å²) in [4.78, 5) is 11.5. The zero-order valence-corrected chi connectivity index (χ0v) is 11.7. The van der Waals surface area contributed by atoms with E-state index in [-0.39, 0.29) is 11.9 Å². The molecule has 1 unspecified atom stereocenters. The monoisotopic (exact) mass is 249 g/mol. The summed E-state index contributed by atoms with van der Waals surface area (Å²) in [5.41, 5.74) is 3.26. The maximum Gasteiger partial charge on any atom is 0.220 e. The minimum absolute atomic E-state index is 0.00659. The van der Waals surface area contributed by atoms with Gasteiger partial charge in [-0.3, -0.25) is 4.79 Å². The van der Waals surface area contributed by atoms with Gasteiger partial charge in [0.2, 0.25) is 5.91 Å². The van der Waals surface area contributed by atoms with E-state index >= 15 is 0 Å². The van der Waals surface area contributed by atoms with E-state index in [4.69, 9.17) is 0 Å². The van der Waals surface area contributed by atoms with Gasteiger partial charge in [-0.05, 0) is 50.8 Å². The minimum atomic E-state index is -0.567. The Labute approximate surface area is 109 Å². The van der Waals surface area contributed by atoms with Crippen LogP contribution in [0.5, 0.6) is 0 Å². The minimum Gasteiger partial charge on any atom is -0.388 e. The molecular formula is C15H23NO2. The smallest absolute Gasteiger partial charge is 0.220 e. The molecule has 0 radical (unpaired) electrons. The molecule has 0 saturated carbocycles. The van der Waals surface area contributed by atoms with Gasteiger partial charge in [-0.2, -0.15) is 0 Å². The second-order valence-corrected chi connectivity index (χ2v) is 5.12. The number of aliphatic hydroxyl groups excluding tert-OH is 1. The molecule has 1 amide bonds. The lowest BCUT2D eigenvalue weighted by atomic mass is 10.00. The van der Waals surface area contributed by atoms with Gasteiger partial charge in [0.05, 0.1) is 6.10 Å². The van der Waals surface area contributed by atoms with Gasteiger partial charge in [-0.15, -0.1) is 0 Å². The Morgan fingerprint density at radius 2 is 1.94 bits per heavy atom. The Hall–Kier alpha value is -1.35. The number of hydrogen-bond donors (Lipinski definition) is 2. The van der Waals surface area contributed by atoms with Crippen LogP contribution in [0.1, 0.15) is 49.5 Å². The van der Waals surface area contributed by atoms with E-state index in [0.717, 1.165) is 11.1 Å². The van der Waals surface area contributed by atoms with E-state index in [1.807, 2.05) is 45.9 Å². The Morgan fingerprint density at radius 3 is 2.50 bits per heavy atom. The number of amides is 1. The molecule has 0 bridgehead atoms. The van der Waals surface area contributed by atoms with Gasteiger partial charge in [0.15, 0.2) is 0 Å². The van der Waals surface area contributed by atoms with Crippen LogP contribution in [0.2, 0.25) is 0 Å². The highest BCUT2D eigenvalue weighted by Crippen LogP contribution is 2.20. The van der Waals surface area contributed by atoms with Crippen LogP contribution in [-0.4, -0.2) is 17.1 Å². The fourth-order valence-electron chi connectivity index (χ4n) is 1.80.